The predicted octanol–water partition coefficient (Wildman–Crippen LogP) is 3.14. The average Bonchev–Trinajstić information content (AvgIpc) is 2.97. The van der Waals surface area contributed by atoms with Gasteiger partial charge in [-0.15, -0.1) is 11.3 Å². The van der Waals surface area contributed by atoms with Crippen LogP contribution in [0.5, 0.6) is 0 Å². The molecule has 1 N–H and O–H groups in total. The van der Waals surface area contributed by atoms with E-state index in [-0.39, 0.29) is 5.91 Å². The Balaban J connectivity index is 1.92. The average molecular weight is 300 g/mol. The Morgan fingerprint density at radius 3 is 2.62 bits per heavy atom. The van der Waals surface area contributed by atoms with Crippen LogP contribution in [0, 0.1) is 0 Å². The Morgan fingerprint density at radius 2 is 1.95 bits per heavy atom. The van der Waals surface area contributed by atoms with Crippen molar-refractivity contribution in [1.82, 2.24) is 10.2 Å². The zero-order chi connectivity index (χ0) is 15.1. The summed E-state index contributed by atoms with van der Waals surface area (Å²) in [7, 11) is 4.08. The lowest BCUT2D eigenvalue weighted by Gasteiger charge is -2.14. The molecule has 0 unspecified atom stereocenters. The second-order valence-electron chi connectivity index (χ2n) is 5.07. The van der Waals surface area contributed by atoms with Crippen LogP contribution in [0.25, 0.3) is 6.08 Å². The Labute approximate surface area is 129 Å². The van der Waals surface area contributed by atoms with Crippen LogP contribution in [0.4, 0.5) is 0 Å². The van der Waals surface area contributed by atoms with Gasteiger partial charge in [-0.3, -0.25) is 4.79 Å². The van der Waals surface area contributed by atoms with Crippen LogP contribution < -0.4 is 5.32 Å². The first-order valence-corrected chi connectivity index (χ1v) is 7.74. The minimum Gasteiger partial charge on any atom is -0.348 e. The van der Waals surface area contributed by atoms with E-state index in [0.717, 1.165) is 17.0 Å². The topological polar surface area (TPSA) is 32.3 Å². The molecule has 0 spiro atoms. The van der Waals surface area contributed by atoms with Crippen molar-refractivity contribution in [2.45, 2.75) is 13.1 Å². The third-order valence-electron chi connectivity index (χ3n) is 3.00. The Morgan fingerprint density at radius 1 is 1.19 bits per heavy atom. The van der Waals surface area contributed by atoms with Crippen LogP contribution in [-0.2, 0) is 17.9 Å². The number of carbonyl (C=O) groups excluding carboxylic acids is 1. The molecule has 0 aliphatic heterocycles. The molecule has 0 atom stereocenters. The monoisotopic (exact) mass is 300 g/mol. The molecule has 0 radical (unpaired) electrons. The van der Waals surface area contributed by atoms with Crippen LogP contribution in [-0.4, -0.2) is 24.9 Å². The quantitative estimate of drug-likeness (QED) is 0.831. The largest absolute Gasteiger partial charge is 0.348 e. The van der Waals surface area contributed by atoms with E-state index in [4.69, 9.17) is 0 Å². The molecule has 4 heteroatoms. The molecule has 110 valence electrons. The lowest BCUT2D eigenvalue weighted by atomic mass is 10.1. The number of nitrogens with one attached hydrogen (secondary N) is 1. The van der Waals surface area contributed by atoms with Gasteiger partial charge in [0, 0.05) is 24.0 Å². The summed E-state index contributed by atoms with van der Waals surface area (Å²) in [4.78, 5) is 15.0. The molecular weight excluding hydrogens is 280 g/mol. The lowest BCUT2D eigenvalue weighted by molar-refractivity contribution is -0.116. The van der Waals surface area contributed by atoms with Gasteiger partial charge in [0.1, 0.15) is 0 Å². The van der Waals surface area contributed by atoms with Crippen molar-refractivity contribution >= 4 is 23.3 Å². The third-order valence-corrected chi connectivity index (χ3v) is 3.84. The van der Waals surface area contributed by atoms with Gasteiger partial charge in [0.2, 0.25) is 5.91 Å². The number of benzene rings is 1. The Hall–Kier alpha value is -1.91. The molecule has 0 bridgehead atoms. The van der Waals surface area contributed by atoms with E-state index in [1.54, 1.807) is 17.4 Å². The van der Waals surface area contributed by atoms with Crippen LogP contribution in [0.15, 0.2) is 47.9 Å². The first kappa shape index (κ1) is 15.5. The van der Waals surface area contributed by atoms with E-state index >= 15 is 0 Å². The number of amides is 1. The predicted molar refractivity (Wildman–Crippen MR) is 89.0 cm³/mol. The second kappa shape index (κ2) is 7.76. The number of rotatable bonds is 6. The van der Waals surface area contributed by atoms with Gasteiger partial charge in [-0.2, -0.15) is 0 Å². The molecular formula is C17H20N2OS. The van der Waals surface area contributed by atoms with E-state index in [1.165, 1.54) is 5.56 Å². The molecule has 0 saturated heterocycles. The molecule has 0 saturated carbocycles. The summed E-state index contributed by atoms with van der Waals surface area (Å²) in [5.41, 5.74) is 2.40. The molecule has 1 aromatic heterocycles. The van der Waals surface area contributed by atoms with E-state index in [0.29, 0.717) is 6.54 Å². The van der Waals surface area contributed by atoms with Gasteiger partial charge in [0.15, 0.2) is 0 Å². The van der Waals surface area contributed by atoms with Crippen LogP contribution in [0.1, 0.15) is 16.0 Å². The van der Waals surface area contributed by atoms with Gasteiger partial charge in [0.25, 0.3) is 0 Å². The minimum absolute atomic E-state index is 0.0666. The van der Waals surface area contributed by atoms with E-state index in [1.807, 2.05) is 49.8 Å². The van der Waals surface area contributed by atoms with Crippen molar-refractivity contribution < 1.29 is 4.79 Å². The molecule has 1 amide bonds. The van der Waals surface area contributed by atoms with Gasteiger partial charge >= 0.3 is 0 Å². The van der Waals surface area contributed by atoms with Crippen LogP contribution in [0.3, 0.4) is 0 Å². The van der Waals surface area contributed by atoms with Crippen molar-refractivity contribution in [3.63, 3.8) is 0 Å². The fraction of sp³-hybridized carbons (Fsp3) is 0.235. The lowest BCUT2D eigenvalue weighted by Crippen LogP contribution is -2.22. The maximum absolute atomic E-state index is 11.8. The third kappa shape index (κ3) is 5.17. The highest BCUT2D eigenvalue weighted by atomic mass is 32.1. The Bertz CT molecular complexity index is 603. The summed E-state index contributed by atoms with van der Waals surface area (Å²) in [6, 6.07) is 12.1. The number of hydrogen-bond donors (Lipinski definition) is 1. The molecule has 1 aromatic carbocycles. The van der Waals surface area contributed by atoms with Gasteiger partial charge in [-0.25, -0.2) is 0 Å². The molecule has 0 aliphatic rings. The maximum Gasteiger partial charge on any atom is 0.244 e. The summed E-state index contributed by atoms with van der Waals surface area (Å²) >= 11 is 1.62. The molecule has 21 heavy (non-hydrogen) atoms. The van der Waals surface area contributed by atoms with Crippen LogP contribution in [0.2, 0.25) is 0 Å². The summed E-state index contributed by atoms with van der Waals surface area (Å²) in [5, 5.41) is 4.93. The molecule has 0 aliphatic carbocycles. The van der Waals surface area contributed by atoms with Gasteiger partial charge in [-0.1, -0.05) is 30.3 Å². The van der Waals surface area contributed by atoms with E-state index < -0.39 is 0 Å². The highest BCUT2D eigenvalue weighted by Gasteiger charge is 2.04. The first-order valence-electron chi connectivity index (χ1n) is 6.86. The molecule has 2 rings (SSSR count). The SMILES string of the molecule is CN(C)Cc1ccccc1CNC(=O)/C=C/c1cccs1. The van der Waals surface area contributed by atoms with Gasteiger partial charge in [0.05, 0.1) is 0 Å². The Kier molecular flexibility index (Phi) is 5.72. The summed E-state index contributed by atoms with van der Waals surface area (Å²) in [6.45, 7) is 1.43. The molecule has 1 heterocycles. The summed E-state index contributed by atoms with van der Waals surface area (Å²) in [6.07, 6.45) is 3.42. The number of nitrogens with zero attached hydrogens (tertiary/aromatic N) is 1. The normalized spacial score (nSPS) is 11.2. The number of thiophene rings is 1. The van der Waals surface area contributed by atoms with E-state index in [9.17, 15) is 4.79 Å². The van der Waals surface area contributed by atoms with Crippen molar-refractivity contribution in [2.75, 3.05) is 14.1 Å². The van der Waals surface area contributed by atoms with Crippen molar-refractivity contribution in [3.05, 3.63) is 63.9 Å². The van der Waals surface area contributed by atoms with Crippen molar-refractivity contribution in [3.8, 4) is 0 Å². The van der Waals surface area contributed by atoms with Crippen LogP contribution >= 0.6 is 11.3 Å². The second-order valence-corrected chi connectivity index (χ2v) is 6.05. The van der Waals surface area contributed by atoms with Crippen molar-refractivity contribution in [2.24, 2.45) is 0 Å². The zero-order valence-electron chi connectivity index (χ0n) is 12.4. The minimum atomic E-state index is -0.0666. The molecule has 3 nitrogen and oxygen atoms in total. The number of hydrogen-bond acceptors (Lipinski definition) is 3. The molecule has 0 fully saturated rings. The maximum atomic E-state index is 11.8. The molecule has 2 aromatic rings. The standard InChI is InChI=1S/C17H20N2OS/c1-19(2)13-15-7-4-3-6-14(15)12-18-17(20)10-9-16-8-5-11-21-16/h3-11H,12-13H2,1-2H3,(H,18,20)/b10-9+. The fourth-order valence-electron chi connectivity index (χ4n) is 2.01. The fourth-order valence-corrected chi connectivity index (χ4v) is 2.63. The zero-order valence-corrected chi connectivity index (χ0v) is 13.2. The first-order chi connectivity index (χ1) is 10.1. The highest BCUT2D eigenvalue weighted by Crippen LogP contribution is 2.11. The van der Waals surface area contributed by atoms with Gasteiger partial charge in [-0.05, 0) is 42.7 Å². The summed E-state index contributed by atoms with van der Waals surface area (Å²) < 4.78 is 0. The van der Waals surface area contributed by atoms with Gasteiger partial charge < -0.3 is 10.2 Å². The number of carbonyl (C=O) groups is 1. The van der Waals surface area contributed by atoms with E-state index in [2.05, 4.69) is 22.3 Å². The highest BCUT2D eigenvalue weighted by molar-refractivity contribution is 7.10. The summed E-state index contributed by atoms with van der Waals surface area (Å²) in [5.74, 6) is -0.0666. The smallest absolute Gasteiger partial charge is 0.244 e. The van der Waals surface area contributed by atoms with Crippen molar-refractivity contribution in [1.29, 1.82) is 0 Å².